The van der Waals surface area contributed by atoms with E-state index >= 15 is 0 Å². The number of anilines is 1. The van der Waals surface area contributed by atoms with Crippen LogP contribution in [-0.4, -0.2) is 11.8 Å². The maximum atomic E-state index is 12.3. The van der Waals surface area contributed by atoms with Crippen molar-refractivity contribution < 1.29 is 4.79 Å². The molecule has 0 spiro atoms. The van der Waals surface area contributed by atoms with Gasteiger partial charge in [-0.3, -0.25) is 4.79 Å². The highest BCUT2D eigenvalue weighted by Crippen LogP contribution is 2.15. The quantitative estimate of drug-likeness (QED) is 0.817. The maximum Gasteiger partial charge on any atom is 0.255 e. The van der Waals surface area contributed by atoms with Crippen molar-refractivity contribution in [1.29, 1.82) is 0 Å². The Morgan fingerprint density at radius 1 is 1.10 bits per heavy atom. The van der Waals surface area contributed by atoms with Crippen molar-refractivity contribution in [3.05, 3.63) is 65.2 Å². The fraction of sp³-hybridized carbons (Fsp3) is 0.235. The molecule has 2 nitrogen and oxygen atoms in total. The van der Waals surface area contributed by atoms with Gasteiger partial charge in [-0.15, -0.1) is 11.6 Å². The summed E-state index contributed by atoms with van der Waals surface area (Å²) in [4.78, 5) is 12.3. The van der Waals surface area contributed by atoms with E-state index < -0.39 is 0 Å². The van der Waals surface area contributed by atoms with Gasteiger partial charge in [-0.25, -0.2) is 0 Å². The number of carbonyl (C=O) groups is 1. The van der Waals surface area contributed by atoms with Crippen LogP contribution in [0.1, 0.15) is 28.4 Å². The first-order chi connectivity index (χ1) is 9.74. The Labute approximate surface area is 124 Å². The molecule has 1 amide bonds. The van der Waals surface area contributed by atoms with Crippen molar-refractivity contribution in [3.8, 4) is 0 Å². The topological polar surface area (TPSA) is 29.1 Å². The largest absolute Gasteiger partial charge is 0.322 e. The Kier molecular flexibility index (Phi) is 5.19. The van der Waals surface area contributed by atoms with Crippen LogP contribution in [-0.2, 0) is 12.8 Å². The van der Waals surface area contributed by atoms with Gasteiger partial charge in [0, 0.05) is 17.1 Å². The van der Waals surface area contributed by atoms with E-state index in [1.807, 2.05) is 55.5 Å². The standard InChI is InChI=1S/C17H18ClNO/c1-2-14-5-3-4-6-16(14)17(20)19-15-9-7-13(8-10-15)11-12-18/h3-10H,2,11-12H2,1H3,(H,19,20). The molecule has 0 radical (unpaired) electrons. The molecule has 0 atom stereocenters. The summed E-state index contributed by atoms with van der Waals surface area (Å²) in [5.41, 5.74) is 3.77. The summed E-state index contributed by atoms with van der Waals surface area (Å²) in [6.45, 7) is 2.05. The van der Waals surface area contributed by atoms with Gasteiger partial charge < -0.3 is 5.32 Å². The zero-order valence-corrected chi connectivity index (χ0v) is 12.3. The number of halogens is 1. The molecule has 2 rings (SSSR count). The van der Waals surface area contributed by atoms with Crippen LogP contribution in [0, 0.1) is 0 Å². The van der Waals surface area contributed by atoms with Crippen LogP contribution >= 0.6 is 11.6 Å². The molecule has 0 fully saturated rings. The molecule has 0 heterocycles. The van der Waals surface area contributed by atoms with E-state index in [0.29, 0.717) is 5.88 Å². The van der Waals surface area contributed by atoms with Gasteiger partial charge in [-0.2, -0.15) is 0 Å². The third-order valence-electron chi connectivity index (χ3n) is 3.24. The summed E-state index contributed by atoms with van der Waals surface area (Å²) in [6, 6.07) is 15.5. The van der Waals surface area contributed by atoms with Gasteiger partial charge >= 0.3 is 0 Å². The average Bonchev–Trinajstić information content (AvgIpc) is 2.49. The Morgan fingerprint density at radius 3 is 2.45 bits per heavy atom. The molecule has 0 aliphatic carbocycles. The summed E-state index contributed by atoms with van der Waals surface area (Å²) in [5.74, 6) is 0.544. The molecule has 20 heavy (non-hydrogen) atoms. The Bertz CT molecular complexity index is 578. The van der Waals surface area contributed by atoms with Crippen molar-refractivity contribution in [1.82, 2.24) is 0 Å². The molecule has 2 aromatic carbocycles. The lowest BCUT2D eigenvalue weighted by Crippen LogP contribution is -2.14. The highest BCUT2D eigenvalue weighted by atomic mass is 35.5. The summed E-state index contributed by atoms with van der Waals surface area (Å²) in [6.07, 6.45) is 1.69. The molecule has 0 aliphatic rings. The average molecular weight is 288 g/mol. The number of rotatable bonds is 5. The number of nitrogens with one attached hydrogen (secondary N) is 1. The van der Waals surface area contributed by atoms with Crippen LogP contribution in [0.3, 0.4) is 0 Å². The monoisotopic (exact) mass is 287 g/mol. The van der Waals surface area contributed by atoms with Crippen molar-refractivity contribution in [2.24, 2.45) is 0 Å². The van der Waals surface area contributed by atoms with Crippen molar-refractivity contribution >= 4 is 23.2 Å². The fourth-order valence-electron chi connectivity index (χ4n) is 2.11. The zero-order valence-electron chi connectivity index (χ0n) is 11.5. The smallest absolute Gasteiger partial charge is 0.255 e. The molecular formula is C17H18ClNO. The molecule has 104 valence electrons. The Morgan fingerprint density at radius 2 is 1.80 bits per heavy atom. The normalized spacial score (nSPS) is 10.3. The highest BCUT2D eigenvalue weighted by Gasteiger charge is 2.09. The van der Waals surface area contributed by atoms with Gasteiger partial charge in [-0.1, -0.05) is 37.3 Å². The predicted octanol–water partition coefficient (Wildman–Crippen LogP) is 4.28. The summed E-state index contributed by atoms with van der Waals surface area (Å²) < 4.78 is 0. The van der Waals surface area contributed by atoms with E-state index in [1.165, 1.54) is 5.56 Å². The van der Waals surface area contributed by atoms with Crippen LogP contribution in [0.15, 0.2) is 48.5 Å². The van der Waals surface area contributed by atoms with Gasteiger partial charge in [0.05, 0.1) is 0 Å². The lowest BCUT2D eigenvalue weighted by molar-refractivity contribution is 0.102. The SMILES string of the molecule is CCc1ccccc1C(=O)Nc1ccc(CCCl)cc1. The number of alkyl halides is 1. The first-order valence-electron chi connectivity index (χ1n) is 6.78. The molecule has 1 N–H and O–H groups in total. The molecule has 0 saturated carbocycles. The summed E-state index contributed by atoms with van der Waals surface area (Å²) in [7, 11) is 0. The van der Waals surface area contributed by atoms with Crippen molar-refractivity contribution in [3.63, 3.8) is 0 Å². The van der Waals surface area contributed by atoms with Crippen molar-refractivity contribution in [2.45, 2.75) is 19.8 Å². The summed E-state index contributed by atoms with van der Waals surface area (Å²) in [5, 5.41) is 2.93. The number of carbonyl (C=O) groups excluding carboxylic acids is 1. The predicted molar refractivity (Wildman–Crippen MR) is 84.6 cm³/mol. The third kappa shape index (κ3) is 3.61. The van der Waals surface area contributed by atoms with Crippen LogP contribution in [0.2, 0.25) is 0 Å². The first-order valence-corrected chi connectivity index (χ1v) is 7.32. The van der Waals surface area contributed by atoms with E-state index in [0.717, 1.165) is 29.7 Å². The lowest BCUT2D eigenvalue weighted by Gasteiger charge is -2.09. The van der Waals surface area contributed by atoms with Gasteiger partial charge in [0.2, 0.25) is 0 Å². The van der Waals surface area contributed by atoms with E-state index in [2.05, 4.69) is 5.32 Å². The molecule has 2 aromatic rings. The van der Waals surface area contributed by atoms with Crippen LogP contribution in [0.4, 0.5) is 5.69 Å². The minimum Gasteiger partial charge on any atom is -0.322 e. The van der Waals surface area contributed by atoms with E-state index in [4.69, 9.17) is 11.6 Å². The molecule has 0 aliphatic heterocycles. The lowest BCUT2D eigenvalue weighted by atomic mass is 10.0. The van der Waals surface area contributed by atoms with Crippen LogP contribution in [0.5, 0.6) is 0 Å². The second-order valence-electron chi connectivity index (χ2n) is 4.60. The Hall–Kier alpha value is -1.80. The number of hydrogen-bond acceptors (Lipinski definition) is 1. The molecule has 0 unspecified atom stereocenters. The Balaban J connectivity index is 2.11. The fourth-order valence-corrected chi connectivity index (χ4v) is 2.33. The van der Waals surface area contributed by atoms with Gasteiger partial charge in [0.1, 0.15) is 0 Å². The number of hydrogen-bond donors (Lipinski definition) is 1. The second-order valence-corrected chi connectivity index (χ2v) is 4.98. The van der Waals surface area contributed by atoms with Gasteiger partial charge in [0.25, 0.3) is 5.91 Å². The molecular weight excluding hydrogens is 270 g/mol. The van der Waals surface area contributed by atoms with E-state index in [9.17, 15) is 4.79 Å². The highest BCUT2D eigenvalue weighted by molar-refractivity contribution is 6.18. The molecule has 0 saturated heterocycles. The minimum atomic E-state index is -0.0625. The van der Waals surface area contributed by atoms with Crippen LogP contribution < -0.4 is 5.32 Å². The zero-order chi connectivity index (χ0) is 14.4. The maximum absolute atomic E-state index is 12.3. The number of amides is 1. The van der Waals surface area contributed by atoms with Crippen LogP contribution in [0.25, 0.3) is 0 Å². The molecule has 3 heteroatoms. The number of benzene rings is 2. The third-order valence-corrected chi connectivity index (χ3v) is 3.43. The second kappa shape index (κ2) is 7.11. The molecule has 0 bridgehead atoms. The van der Waals surface area contributed by atoms with E-state index in [-0.39, 0.29) is 5.91 Å². The molecule has 0 aromatic heterocycles. The van der Waals surface area contributed by atoms with E-state index in [1.54, 1.807) is 0 Å². The minimum absolute atomic E-state index is 0.0625. The summed E-state index contributed by atoms with van der Waals surface area (Å²) >= 11 is 5.70. The first kappa shape index (κ1) is 14.6. The van der Waals surface area contributed by atoms with Gasteiger partial charge in [-0.05, 0) is 42.2 Å². The number of aryl methyl sites for hydroxylation is 2. The van der Waals surface area contributed by atoms with Gasteiger partial charge in [0.15, 0.2) is 0 Å². The van der Waals surface area contributed by atoms with Crippen molar-refractivity contribution in [2.75, 3.05) is 11.2 Å².